The standard InChI is InChI=1S/C16H16F3NO.C7H12N2O/c1-9-4-12(8-21)13(17)6-15(9)20-7-11-3-10(2)16(19)14(18)5-11;1-3-6(5-8)4-7(10)9-2/h3-6,20-21H,7-8H2,1-2H3;4H,2-3,5,8H2,1H3/b;6-4-. The SMILES string of the molecule is C=NC(=O)/C=C(/CC)CN.Cc1cc(CO)c(F)cc1NCc1cc(C)c(F)c(F)c1. The van der Waals surface area contributed by atoms with Crippen molar-refractivity contribution >= 4 is 18.3 Å². The van der Waals surface area contributed by atoms with Gasteiger partial charge < -0.3 is 16.2 Å². The van der Waals surface area contributed by atoms with Crippen LogP contribution in [-0.2, 0) is 17.9 Å². The van der Waals surface area contributed by atoms with E-state index in [-0.39, 0.29) is 30.2 Å². The molecule has 0 aliphatic rings. The summed E-state index contributed by atoms with van der Waals surface area (Å²) in [6.45, 7) is 8.60. The van der Waals surface area contributed by atoms with Gasteiger partial charge in [-0.05, 0) is 61.9 Å². The van der Waals surface area contributed by atoms with E-state index in [4.69, 9.17) is 10.8 Å². The minimum Gasteiger partial charge on any atom is -0.392 e. The highest BCUT2D eigenvalue weighted by Gasteiger charge is 2.09. The highest BCUT2D eigenvalue weighted by atomic mass is 19.2. The Bertz CT molecular complexity index is 930. The van der Waals surface area contributed by atoms with E-state index < -0.39 is 17.5 Å². The Morgan fingerprint density at radius 1 is 1.16 bits per heavy atom. The number of carbonyl (C=O) groups is 1. The van der Waals surface area contributed by atoms with E-state index >= 15 is 0 Å². The Hall–Kier alpha value is -2.97. The molecule has 0 saturated heterocycles. The second-order valence-electron chi connectivity index (χ2n) is 6.84. The van der Waals surface area contributed by atoms with E-state index in [1.807, 2.05) is 6.92 Å². The van der Waals surface area contributed by atoms with Crippen molar-refractivity contribution in [3.63, 3.8) is 0 Å². The zero-order chi connectivity index (χ0) is 23.6. The molecule has 1 amide bonds. The fourth-order valence-electron chi connectivity index (χ4n) is 2.68. The predicted molar refractivity (Wildman–Crippen MR) is 117 cm³/mol. The Kier molecular flexibility index (Phi) is 10.6. The van der Waals surface area contributed by atoms with E-state index in [9.17, 15) is 18.0 Å². The minimum absolute atomic E-state index is 0.224. The van der Waals surface area contributed by atoms with Crippen molar-refractivity contribution in [3.05, 3.63) is 75.6 Å². The summed E-state index contributed by atoms with van der Waals surface area (Å²) in [4.78, 5) is 13.8. The third kappa shape index (κ3) is 7.99. The second-order valence-corrected chi connectivity index (χ2v) is 6.84. The van der Waals surface area contributed by atoms with Crippen molar-refractivity contribution in [3.8, 4) is 0 Å². The highest BCUT2D eigenvalue weighted by Crippen LogP contribution is 2.22. The normalized spacial score (nSPS) is 10.9. The molecule has 31 heavy (non-hydrogen) atoms. The molecule has 0 aliphatic carbocycles. The van der Waals surface area contributed by atoms with Gasteiger partial charge in [0.1, 0.15) is 5.82 Å². The molecule has 168 valence electrons. The molecule has 0 unspecified atom stereocenters. The van der Waals surface area contributed by atoms with Crippen molar-refractivity contribution in [2.45, 2.75) is 40.3 Å². The first-order chi connectivity index (χ1) is 14.7. The average Bonchev–Trinajstić information content (AvgIpc) is 2.76. The van der Waals surface area contributed by atoms with Crippen LogP contribution < -0.4 is 11.1 Å². The third-order valence-electron chi connectivity index (χ3n) is 4.52. The number of hydrogen-bond acceptors (Lipinski definition) is 4. The van der Waals surface area contributed by atoms with Crippen LogP contribution >= 0.6 is 0 Å². The monoisotopic (exact) mass is 435 g/mol. The third-order valence-corrected chi connectivity index (χ3v) is 4.52. The first-order valence-corrected chi connectivity index (χ1v) is 9.65. The lowest BCUT2D eigenvalue weighted by Crippen LogP contribution is -2.04. The number of halogens is 3. The number of rotatable bonds is 7. The van der Waals surface area contributed by atoms with Crippen LogP contribution in [-0.4, -0.2) is 24.3 Å². The summed E-state index contributed by atoms with van der Waals surface area (Å²) in [6.07, 6.45) is 2.21. The molecule has 2 aromatic rings. The summed E-state index contributed by atoms with van der Waals surface area (Å²) >= 11 is 0. The number of carbonyl (C=O) groups excluding carboxylic acids is 1. The smallest absolute Gasteiger partial charge is 0.269 e. The van der Waals surface area contributed by atoms with Crippen LogP contribution in [0.15, 0.2) is 40.9 Å². The summed E-state index contributed by atoms with van der Waals surface area (Å²) in [6, 6.07) is 5.49. The number of anilines is 1. The van der Waals surface area contributed by atoms with Crippen LogP contribution in [0.1, 0.15) is 35.6 Å². The largest absolute Gasteiger partial charge is 0.392 e. The summed E-state index contributed by atoms with van der Waals surface area (Å²) in [5.41, 5.74) is 8.53. The number of benzene rings is 2. The predicted octanol–water partition coefficient (Wildman–Crippen LogP) is 4.33. The van der Waals surface area contributed by atoms with Gasteiger partial charge in [-0.1, -0.05) is 18.6 Å². The van der Waals surface area contributed by atoms with Gasteiger partial charge in [-0.15, -0.1) is 0 Å². The molecule has 0 spiro atoms. The molecular weight excluding hydrogens is 407 g/mol. The maximum absolute atomic E-state index is 13.6. The zero-order valence-corrected chi connectivity index (χ0v) is 17.9. The fraction of sp³-hybridized carbons (Fsp3) is 0.304. The summed E-state index contributed by atoms with van der Waals surface area (Å²) in [5.74, 6) is -2.58. The molecule has 5 nitrogen and oxygen atoms in total. The summed E-state index contributed by atoms with van der Waals surface area (Å²) in [5, 5.41) is 12.0. The molecule has 0 bridgehead atoms. The molecule has 0 heterocycles. The number of nitrogens with two attached hydrogens (primary N) is 1. The van der Waals surface area contributed by atoms with Crippen LogP contribution in [0.2, 0.25) is 0 Å². The molecule has 0 aromatic heterocycles. The van der Waals surface area contributed by atoms with E-state index in [0.717, 1.165) is 23.6 Å². The van der Waals surface area contributed by atoms with Gasteiger partial charge in [0.15, 0.2) is 11.6 Å². The van der Waals surface area contributed by atoms with Gasteiger partial charge in [0.05, 0.1) is 6.61 Å². The van der Waals surface area contributed by atoms with Crippen molar-refractivity contribution in [1.82, 2.24) is 0 Å². The molecule has 0 saturated carbocycles. The lowest BCUT2D eigenvalue weighted by Gasteiger charge is -2.12. The number of aliphatic hydroxyl groups excluding tert-OH is 1. The number of nitrogens with zero attached hydrogens (tertiary/aromatic N) is 1. The lowest BCUT2D eigenvalue weighted by atomic mass is 10.1. The molecule has 8 heteroatoms. The van der Waals surface area contributed by atoms with Gasteiger partial charge >= 0.3 is 0 Å². The van der Waals surface area contributed by atoms with Gasteiger partial charge in [0.2, 0.25) is 0 Å². The quantitative estimate of drug-likeness (QED) is 0.446. The van der Waals surface area contributed by atoms with Gasteiger partial charge in [0, 0.05) is 30.4 Å². The van der Waals surface area contributed by atoms with E-state index in [2.05, 4.69) is 17.0 Å². The van der Waals surface area contributed by atoms with Crippen LogP contribution in [0, 0.1) is 31.3 Å². The van der Waals surface area contributed by atoms with Crippen LogP contribution in [0.4, 0.5) is 18.9 Å². The van der Waals surface area contributed by atoms with E-state index in [1.54, 1.807) is 19.1 Å². The van der Waals surface area contributed by atoms with Crippen molar-refractivity contribution in [2.24, 2.45) is 10.7 Å². The number of nitrogens with one attached hydrogen (secondary N) is 1. The van der Waals surface area contributed by atoms with Gasteiger partial charge in [0.25, 0.3) is 5.91 Å². The van der Waals surface area contributed by atoms with Crippen molar-refractivity contribution in [2.75, 3.05) is 11.9 Å². The maximum atomic E-state index is 13.6. The number of hydrogen-bond donors (Lipinski definition) is 3. The van der Waals surface area contributed by atoms with Crippen molar-refractivity contribution < 1.29 is 23.1 Å². The zero-order valence-electron chi connectivity index (χ0n) is 17.9. The number of amides is 1. The molecule has 0 aliphatic heterocycles. The Labute approximate surface area is 180 Å². The molecule has 0 atom stereocenters. The lowest BCUT2D eigenvalue weighted by molar-refractivity contribution is -0.113. The molecule has 2 aromatic carbocycles. The Morgan fingerprint density at radius 2 is 1.84 bits per heavy atom. The second kappa shape index (κ2) is 12.7. The summed E-state index contributed by atoms with van der Waals surface area (Å²) in [7, 11) is 0. The highest BCUT2D eigenvalue weighted by molar-refractivity contribution is 5.91. The number of aryl methyl sites for hydroxylation is 2. The van der Waals surface area contributed by atoms with Gasteiger partial charge in [-0.3, -0.25) is 4.79 Å². The van der Waals surface area contributed by atoms with Crippen LogP contribution in [0.5, 0.6) is 0 Å². The van der Waals surface area contributed by atoms with E-state index in [1.165, 1.54) is 19.1 Å². The van der Waals surface area contributed by atoms with Gasteiger partial charge in [-0.25, -0.2) is 18.2 Å². The number of aliphatic hydroxyl groups is 1. The minimum atomic E-state index is -0.898. The molecule has 2 rings (SSSR count). The molecular formula is C23H28F3N3O2. The maximum Gasteiger partial charge on any atom is 0.269 e. The first kappa shape index (κ1) is 26.1. The first-order valence-electron chi connectivity index (χ1n) is 9.65. The average molecular weight is 435 g/mol. The van der Waals surface area contributed by atoms with Crippen LogP contribution in [0.3, 0.4) is 0 Å². The van der Waals surface area contributed by atoms with Crippen molar-refractivity contribution in [1.29, 1.82) is 0 Å². The van der Waals surface area contributed by atoms with E-state index in [0.29, 0.717) is 17.8 Å². The topological polar surface area (TPSA) is 87.7 Å². The molecule has 4 N–H and O–H groups in total. The fourth-order valence-corrected chi connectivity index (χ4v) is 2.68. The number of aliphatic imine (C=N–C) groups is 1. The Balaban J connectivity index is 0.000000407. The van der Waals surface area contributed by atoms with Gasteiger partial charge in [-0.2, -0.15) is 0 Å². The Morgan fingerprint density at radius 3 is 2.35 bits per heavy atom. The summed E-state index contributed by atoms with van der Waals surface area (Å²) < 4.78 is 40.2. The molecule has 0 radical (unpaired) electrons. The molecule has 0 fully saturated rings. The van der Waals surface area contributed by atoms with Crippen LogP contribution in [0.25, 0.3) is 0 Å².